The van der Waals surface area contributed by atoms with Gasteiger partial charge in [0.2, 0.25) is 0 Å². The maximum Gasteiger partial charge on any atom is 0.266 e. The fourth-order valence-corrected chi connectivity index (χ4v) is 5.76. The maximum atomic E-state index is 13.3. The summed E-state index contributed by atoms with van der Waals surface area (Å²) >= 11 is 1.49. The topological polar surface area (TPSA) is 53.4 Å². The van der Waals surface area contributed by atoms with Crippen LogP contribution < -0.4 is 0 Å². The molecule has 1 aliphatic heterocycles. The molecule has 4 nitrogen and oxygen atoms in total. The Kier molecular flexibility index (Phi) is 4.61. The van der Waals surface area contributed by atoms with Gasteiger partial charge in [0.25, 0.3) is 5.91 Å². The number of benzene rings is 1. The van der Waals surface area contributed by atoms with E-state index in [1.165, 1.54) is 11.3 Å². The largest absolute Gasteiger partial charge is 0.385 e. The van der Waals surface area contributed by atoms with Gasteiger partial charge in [-0.15, -0.1) is 11.3 Å². The number of nitrogens with zero attached hydrogens (tertiary/aromatic N) is 2. The van der Waals surface area contributed by atoms with Crippen LogP contribution in [0.3, 0.4) is 0 Å². The van der Waals surface area contributed by atoms with Gasteiger partial charge in [0.05, 0.1) is 16.3 Å². The fourth-order valence-electron chi connectivity index (χ4n) is 4.88. The molecule has 2 aromatic rings. The molecule has 1 aromatic carbocycles. The number of rotatable bonds is 2. The molecule has 138 valence electrons. The predicted octanol–water partition coefficient (Wildman–Crippen LogP) is 4.05. The fraction of sp³-hybridized carbons (Fsp3) is 0.524. The molecule has 2 heterocycles. The number of hydrogen-bond acceptors (Lipinski definition) is 4. The molecule has 3 atom stereocenters. The van der Waals surface area contributed by atoms with Crippen molar-refractivity contribution in [1.82, 2.24) is 9.88 Å². The number of amides is 1. The van der Waals surface area contributed by atoms with Crippen LogP contribution in [-0.4, -0.2) is 33.5 Å². The molecule has 1 unspecified atom stereocenters. The van der Waals surface area contributed by atoms with Crippen molar-refractivity contribution in [3.63, 3.8) is 0 Å². The lowest BCUT2D eigenvalue weighted by atomic mass is 9.66. The summed E-state index contributed by atoms with van der Waals surface area (Å²) in [5.74, 6) is 0.200. The Labute approximate surface area is 158 Å². The number of carbonyl (C=O) groups excluding carboxylic acids is 1. The van der Waals surface area contributed by atoms with Gasteiger partial charge in [0.15, 0.2) is 0 Å². The lowest BCUT2D eigenvalue weighted by Gasteiger charge is -2.52. The minimum atomic E-state index is -0.832. The number of carbonyl (C=O) groups is 1. The molecular weight excluding hydrogens is 344 g/mol. The van der Waals surface area contributed by atoms with Crippen molar-refractivity contribution in [2.45, 2.75) is 57.6 Å². The average molecular weight is 371 g/mol. The number of likely N-dealkylation sites (tertiary alicyclic amines) is 1. The number of aryl methyl sites for hydroxylation is 2. The van der Waals surface area contributed by atoms with E-state index >= 15 is 0 Å². The van der Waals surface area contributed by atoms with Crippen molar-refractivity contribution in [2.75, 3.05) is 6.54 Å². The maximum absolute atomic E-state index is 13.3. The average Bonchev–Trinajstić information content (AvgIpc) is 3.01. The molecule has 26 heavy (non-hydrogen) atoms. The Bertz CT molecular complexity index is 804. The SMILES string of the molecule is Cc1nc(C)c(C(=O)N2CCC(O)(c3ccccc3)[C@@H]3CCCC[C@@H]32)s1. The van der Waals surface area contributed by atoms with Crippen LogP contribution in [0.25, 0.3) is 0 Å². The van der Waals surface area contributed by atoms with Gasteiger partial charge in [-0.05, 0) is 38.7 Å². The van der Waals surface area contributed by atoms with Gasteiger partial charge in [-0.3, -0.25) is 4.79 Å². The van der Waals surface area contributed by atoms with Crippen LogP contribution >= 0.6 is 11.3 Å². The quantitative estimate of drug-likeness (QED) is 0.868. The molecule has 0 radical (unpaired) electrons. The first kappa shape index (κ1) is 17.7. The third kappa shape index (κ3) is 2.87. The predicted molar refractivity (Wildman–Crippen MR) is 103 cm³/mol. The number of aliphatic hydroxyl groups is 1. The summed E-state index contributed by atoms with van der Waals surface area (Å²) in [6.45, 7) is 4.46. The minimum absolute atomic E-state index is 0.0973. The zero-order valence-corrected chi connectivity index (χ0v) is 16.3. The number of aromatic nitrogens is 1. The van der Waals surface area contributed by atoms with Crippen molar-refractivity contribution in [3.05, 3.63) is 51.5 Å². The molecule has 1 N–H and O–H groups in total. The second-order valence-electron chi connectivity index (χ2n) is 7.64. The molecule has 1 saturated carbocycles. The van der Waals surface area contributed by atoms with Crippen LogP contribution in [0.2, 0.25) is 0 Å². The standard InChI is InChI=1S/C21H26N2O2S/c1-14-19(26-15(2)22-14)20(24)23-13-12-21(25,16-8-4-3-5-9-16)17-10-6-7-11-18(17)23/h3-5,8-9,17-18,25H,6-7,10-13H2,1-2H3/t17-,18+,21?/m1/s1. The van der Waals surface area contributed by atoms with Crippen molar-refractivity contribution >= 4 is 17.2 Å². The molecule has 1 saturated heterocycles. The van der Waals surface area contributed by atoms with Crippen molar-refractivity contribution in [1.29, 1.82) is 0 Å². The normalized spacial score (nSPS) is 28.7. The first-order valence-electron chi connectivity index (χ1n) is 9.53. The minimum Gasteiger partial charge on any atom is -0.385 e. The molecule has 1 amide bonds. The number of thiazole rings is 1. The Morgan fingerprint density at radius 1 is 1.23 bits per heavy atom. The summed E-state index contributed by atoms with van der Waals surface area (Å²) < 4.78 is 0. The van der Waals surface area contributed by atoms with Crippen molar-refractivity contribution in [3.8, 4) is 0 Å². The third-order valence-electron chi connectivity index (χ3n) is 6.11. The van der Waals surface area contributed by atoms with Gasteiger partial charge in [-0.1, -0.05) is 43.2 Å². The highest BCUT2D eigenvalue weighted by Gasteiger charge is 2.50. The lowest BCUT2D eigenvalue weighted by Crippen LogP contribution is -2.58. The molecule has 2 fully saturated rings. The molecule has 1 aromatic heterocycles. The van der Waals surface area contributed by atoms with E-state index in [0.717, 1.165) is 46.8 Å². The van der Waals surface area contributed by atoms with Gasteiger partial charge in [-0.25, -0.2) is 4.98 Å². The van der Waals surface area contributed by atoms with Crippen LogP contribution in [0.1, 0.15) is 58.0 Å². The van der Waals surface area contributed by atoms with Crippen LogP contribution in [0.5, 0.6) is 0 Å². The zero-order valence-electron chi connectivity index (χ0n) is 15.4. The number of fused-ring (bicyclic) bond motifs is 1. The van der Waals surface area contributed by atoms with E-state index in [1.807, 2.05) is 49.1 Å². The van der Waals surface area contributed by atoms with Gasteiger partial charge < -0.3 is 10.0 Å². The molecule has 2 aliphatic rings. The molecule has 5 heteroatoms. The lowest BCUT2D eigenvalue weighted by molar-refractivity contribution is -0.110. The van der Waals surface area contributed by atoms with E-state index < -0.39 is 5.60 Å². The molecule has 0 bridgehead atoms. The Hall–Kier alpha value is -1.72. The highest BCUT2D eigenvalue weighted by molar-refractivity contribution is 7.13. The van der Waals surface area contributed by atoms with Gasteiger partial charge >= 0.3 is 0 Å². The van der Waals surface area contributed by atoms with Gasteiger partial charge in [0, 0.05) is 18.5 Å². The van der Waals surface area contributed by atoms with E-state index in [-0.39, 0.29) is 17.9 Å². The van der Waals surface area contributed by atoms with E-state index in [1.54, 1.807) is 0 Å². The summed E-state index contributed by atoms with van der Waals surface area (Å²) in [6, 6.07) is 10.1. The number of hydrogen-bond donors (Lipinski definition) is 1. The first-order chi connectivity index (χ1) is 12.5. The van der Waals surface area contributed by atoms with Crippen LogP contribution in [0.4, 0.5) is 0 Å². The highest BCUT2D eigenvalue weighted by atomic mass is 32.1. The van der Waals surface area contributed by atoms with Crippen LogP contribution in [-0.2, 0) is 5.60 Å². The van der Waals surface area contributed by atoms with Gasteiger partial charge in [-0.2, -0.15) is 0 Å². The Morgan fingerprint density at radius 3 is 2.65 bits per heavy atom. The van der Waals surface area contributed by atoms with Crippen LogP contribution in [0, 0.1) is 19.8 Å². The highest BCUT2D eigenvalue weighted by Crippen LogP contribution is 2.47. The monoisotopic (exact) mass is 370 g/mol. The van der Waals surface area contributed by atoms with Crippen molar-refractivity contribution in [2.24, 2.45) is 5.92 Å². The number of piperidine rings is 1. The first-order valence-corrected chi connectivity index (χ1v) is 10.4. The second kappa shape index (κ2) is 6.78. The molecular formula is C21H26N2O2S. The molecule has 0 spiro atoms. The summed E-state index contributed by atoms with van der Waals surface area (Å²) in [6.07, 6.45) is 4.79. The molecule has 4 rings (SSSR count). The summed E-state index contributed by atoms with van der Waals surface area (Å²) in [5.41, 5.74) is 0.990. The molecule has 1 aliphatic carbocycles. The third-order valence-corrected chi connectivity index (χ3v) is 7.17. The van der Waals surface area contributed by atoms with E-state index in [0.29, 0.717) is 13.0 Å². The van der Waals surface area contributed by atoms with E-state index in [4.69, 9.17) is 0 Å². The Morgan fingerprint density at radius 2 is 1.96 bits per heavy atom. The Balaban J connectivity index is 1.67. The smallest absolute Gasteiger partial charge is 0.266 e. The second-order valence-corrected chi connectivity index (χ2v) is 8.85. The summed E-state index contributed by atoms with van der Waals surface area (Å²) in [5, 5.41) is 12.6. The summed E-state index contributed by atoms with van der Waals surface area (Å²) in [4.78, 5) is 20.5. The van der Waals surface area contributed by atoms with E-state index in [2.05, 4.69) is 4.98 Å². The summed E-state index contributed by atoms with van der Waals surface area (Å²) in [7, 11) is 0. The van der Waals surface area contributed by atoms with Crippen LogP contribution in [0.15, 0.2) is 30.3 Å². The van der Waals surface area contributed by atoms with Gasteiger partial charge in [0.1, 0.15) is 4.88 Å². The zero-order chi connectivity index (χ0) is 18.3. The van der Waals surface area contributed by atoms with E-state index in [9.17, 15) is 9.90 Å². The van der Waals surface area contributed by atoms with Crippen molar-refractivity contribution < 1.29 is 9.90 Å².